The van der Waals surface area contributed by atoms with E-state index in [1.807, 2.05) is 0 Å². The number of aliphatic hydroxyl groups is 1. The number of urea groups is 1. The number of pyridine rings is 2. The fourth-order valence-corrected chi connectivity index (χ4v) is 4.05. The number of nitrogens with zero attached hydrogens (tertiary/aromatic N) is 7. The zero-order chi connectivity index (χ0) is 25.1. The first-order valence-electron chi connectivity index (χ1n) is 11.1. The van der Waals surface area contributed by atoms with Crippen LogP contribution >= 0.6 is 0 Å². The molecule has 15 nitrogen and oxygen atoms in total. The third kappa shape index (κ3) is 4.76. The first-order chi connectivity index (χ1) is 17.5. The van der Waals surface area contributed by atoms with Crippen molar-refractivity contribution in [3.63, 3.8) is 0 Å². The van der Waals surface area contributed by atoms with Gasteiger partial charge in [-0.05, 0) is 24.6 Å². The van der Waals surface area contributed by atoms with Crippen LogP contribution in [0.2, 0.25) is 0 Å². The molecule has 5 rings (SSSR count). The van der Waals surface area contributed by atoms with Crippen LogP contribution in [0, 0.1) is 0 Å². The number of H-pyrrole nitrogens is 1. The highest BCUT2D eigenvalue weighted by atomic mass is 16.5. The minimum Gasteiger partial charge on any atom is -0.486 e. The molecule has 0 radical (unpaired) electrons. The predicted octanol–water partition coefficient (Wildman–Crippen LogP) is -0.509. The van der Waals surface area contributed by atoms with Gasteiger partial charge in [0.25, 0.3) is 5.91 Å². The zero-order valence-corrected chi connectivity index (χ0v) is 18.9. The smallest absolute Gasteiger partial charge is 0.329 e. The van der Waals surface area contributed by atoms with Crippen LogP contribution in [0.25, 0.3) is 0 Å². The van der Waals surface area contributed by atoms with Crippen LogP contribution in [0.3, 0.4) is 0 Å². The van der Waals surface area contributed by atoms with E-state index in [0.717, 1.165) is 18.7 Å². The Morgan fingerprint density at radius 2 is 2.14 bits per heavy atom. The molecule has 2 aliphatic heterocycles. The van der Waals surface area contributed by atoms with Gasteiger partial charge in [0.05, 0.1) is 18.3 Å². The molecule has 1 atom stereocenters. The number of ether oxygens (including phenoxy) is 1. The van der Waals surface area contributed by atoms with Gasteiger partial charge in [-0.1, -0.05) is 5.21 Å². The Morgan fingerprint density at radius 3 is 2.94 bits per heavy atom. The Morgan fingerprint density at radius 1 is 1.25 bits per heavy atom. The molecule has 1 saturated heterocycles. The third-order valence-corrected chi connectivity index (χ3v) is 5.74. The number of hydrogen-bond donors (Lipinski definition) is 4. The van der Waals surface area contributed by atoms with Crippen molar-refractivity contribution in [2.24, 2.45) is 0 Å². The van der Waals surface area contributed by atoms with Crippen molar-refractivity contribution < 1.29 is 24.2 Å². The number of amides is 3. The molecule has 36 heavy (non-hydrogen) atoms. The van der Waals surface area contributed by atoms with E-state index in [1.165, 1.54) is 18.3 Å². The van der Waals surface area contributed by atoms with Crippen LogP contribution in [0.1, 0.15) is 22.7 Å². The monoisotopic (exact) mass is 494 g/mol. The molecule has 0 spiro atoms. The number of nitrogens with one attached hydrogen (secondary N) is 3. The summed E-state index contributed by atoms with van der Waals surface area (Å²) in [6, 6.07) is 5.80. The van der Waals surface area contributed by atoms with Crippen molar-refractivity contribution in [2.45, 2.75) is 19.0 Å². The summed E-state index contributed by atoms with van der Waals surface area (Å²) in [6.07, 6.45) is 2.17. The summed E-state index contributed by atoms with van der Waals surface area (Å²) in [5, 5.41) is 27.6. The number of hydrogen-bond acceptors (Lipinski definition) is 11. The average molecular weight is 494 g/mol. The molecule has 4 N–H and O–H groups in total. The SMILES string of the molecule is O=C(CO)COc1ccnc(NC(=O)N2c3nc(C(=O)NCc4nn[nH]n4)ccc3N3CC[C@H]2C3)c1. The number of anilines is 3. The van der Waals surface area contributed by atoms with Crippen molar-refractivity contribution in [3.05, 3.63) is 42.0 Å². The van der Waals surface area contributed by atoms with Crippen LogP contribution in [0.4, 0.5) is 22.1 Å². The van der Waals surface area contributed by atoms with E-state index in [1.54, 1.807) is 17.0 Å². The zero-order valence-electron chi connectivity index (χ0n) is 18.9. The standard InChI is InChI=1S/C21H22N10O5/c32-10-13(33)11-36-14-3-5-22-17(7-14)25-21(35)31-12-4-6-30(9-12)16-2-1-15(24-19(16)31)20(34)23-8-18-26-28-29-27-18/h1-3,5,7,12,32H,4,6,8-11H2,(H,23,34)(H,22,25,35)(H,26,27,28,29)/t12-/m0/s1. The lowest BCUT2D eigenvalue weighted by molar-refractivity contribution is -0.123. The van der Waals surface area contributed by atoms with Crippen molar-refractivity contribution >= 4 is 35.0 Å². The van der Waals surface area contributed by atoms with Crippen molar-refractivity contribution in [1.29, 1.82) is 0 Å². The lowest BCUT2D eigenvalue weighted by atomic mass is 10.1. The first-order valence-corrected chi connectivity index (χ1v) is 11.1. The number of fused-ring (bicyclic) bond motifs is 4. The molecule has 186 valence electrons. The molecule has 0 saturated carbocycles. The summed E-state index contributed by atoms with van der Waals surface area (Å²) in [4.78, 5) is 49.7. The molecule has 3 aromatic heterocycles. The fourth-order valence-electron chi connectivity index (χ4n) is 4.05. The van der Waals surface area contributed by atoms with Gasteiger partial charge in [-0.2, -0.15) is 5.21 Å². The third-order valence-electron chi connectivity index (χ3n) is 5.74. The highest BCUT2D eigenvalue weighted by Crippen LogP contribution is 2.39. The van der Waals surface area contributed by atoms with Crippen LogP contribution in [-0.4, -0.2) is 85.8 Å². The number of aromatic nitrogens is 6. The molecule has 15 heteroatoms. The molecule has 5 heterocycles. The second-order valence-electron chi connectivity index (χ2n) is 8.10. The van der Waals surface area contributed by atoms with Gasteiger partial charge in [-0.3, -0.25) is 19.8 Å². The molecule has 2 aliphatic rings. The fraction of sp³-hybridized carbons (Fsp3) is 0.333. The van der Waals surface area contributed by atoms with Gasteiger partial charge in [0.15, 0.2) is 17.4 Å². The first kappa shape index (κ1) is 23.1. The van der Waals surface area contributed by atoms with Gasteiger partial charge in [0, 0.05) is 25.4 Å². The summed E-state index contributed by atoms with van der Waals surface area (Å²) in [5.74, 6) is 0.299. The predicted molar refractivity (Wildman–Crippen MR) is 124 cm³/mol. The van der Waals surface area contributed by atoms with Crippen molar-refractivity contribution in [3.8, 4) is 5.75 Å². The normalized spacial score (nSPS) is 15.9. The Balaban J connectivity index is 1.34. The van der Waals surface area contributed by atoms with Gasteiger partial charge >= 0.3 is 6.03 Å². The van der Waals surface area contributed by atoms with E-state index in [9.17, 15) is 14.4 Å². The molecule has 3 amide bonds. The minimum atomic E-state index is -0.619. The van der Waals surface area contributed by atoms with Gasteiger partial charge in [-0.15, -0.1) is 10.2 Å². The maximum absolute atomic E-state index is 13.4. The Hall–Kier alpha value is -4.66. The van der Waals surface area contributed by atoms with Gasteiger partial charge in [-0.25, -0.2) is 14.8 Å². The number of tetrazole rings is 1. The summed E-state index contributed by atoms with van der Waals surface area (Å²) in [7, 11) is 0. The number of ketones is 1. The van der Waals surface area contributed by atoms with E-state index in [4.69, 9.17) is 9.84 Å². The van der Waals surface area contributed by atoms with E-state index in [2.05, 4.69) is 46.1 Å². The highest BCUT2D eigenvalue weighted by molar-refractivity contribution is 6.05. The van der Waals surface area contributed by atoms with Crippen LogP contribution in [0.15, 0.2) is 30.5 Å². The molecular weight excluding hydrogens is 472 g/mol. The topological polar surface area (TPSA) is 191 Å². The van der Waals surface area contributed by atoms with Crippen molar-refractivity contribution in [1.82, 2.24) is 35.9 Å². The lowest BCUT2D eigenvalue weighted by Crippen LogP contribution is -2.48. The highest BCUT2D eigenvalue weighted by Gasteiger charge is 2.40. The van der Waals surface area contributed by atoms with Gasteiger partial charge in [0.2, 0.25) is 0 Å². The summed E-state index contributed by atoms with van der Waals surface area (Å²) < 4.78 is 5.33. The maximum atomic E-state index is 13.4. The quantitative estimate of drug-likeness (QED) is 0.315. The molecule has 0 aromatic carbocycles. The Bertz CT molecular complexity index is 1280. The van der Waals surface area contributed by atoms with Gasteiger partial charge in [0.1, 0.15) is 30.5 Å². The number of Topliss-reactive ketones (excluding diaryl/α,β-unsaturated/α-hetero) is 1. The second-order valence-corrected chi connectivity index (χ2v) is 8.10. The van der Waals surface area contributed by atoms with Crippen molar-refractivity contribution in [2.75, 3.05) is 41.4 Å². The van der Waals surface area contributed by atoms with Crippen LogP contribution < -0.4 is 25.2 Å². The molecule has 2 bridgehead atoms. The molecular formula is C21H22N10O5. The number of aliphatic hydroxyl groups excluding tert-OH is 1. The summed E-state index contributed by atoms with van der Waals surface area (Å²) in [6.45, 7) is 0.553. The minimum absolute atomic E-state index is 0.0705. The average Bonchev–Trinajstić information content (AvgIpc) is 3.57. The van der Waals surface area contributed by atoms with E-state index < -0.39 is 24.3 Å². The van der Waals surface area contributed by atoms with E-state index in [-0.39, 0.29) is 30.7 Å². The number of aromatic amines is 1. The van der Waals surface area contributed by atoms with E-state index in [0.29, 0.717) is 23.9 Å². The molecule has 1 fully saturated rings. The Kier molecular flexibility index (Phi) is 6.36. The second kappa shape index (κ2) is 9.91. The number of carbonyl (C=O) groups excluding carboxylic acids is 3. The molecule has 3 aromatic rings. The summed E-state index contributed by atoms with van der Waals surface area (Å²) >= 11 is 0. The van der Waals surface area contributed by atoms with E-state index >= 15 is 0 Å². The van der Waals surface area contributed by atoms with Crippen LogP contribution in [0.5, 0.6) is 5.75 Å². The van der Waals surface area contributed by atoms with Crippen LogP contribution in [-0.2, 0) is 11.3 Å². The number of rotatable bonds is 8. The maximum Gasteiger partial charge on any atom is 0.329 e. The molecule has 0 aliphatic carbocycles. The van der Waals surface area contributed by atoms with Gasteiger partial charge < -0.3 is 20.1 Å². The summed E-state index contributed by atoms with van der Waals surface area (Å²) in [5.41, 5.74) is 0.890. The molecule has 0 unspecified atom stereocenters. The largest absolute Gasteiger partial charge is 0.486 e. The Labute approximate surface area is 203 Å². The number of carbonyl (C=O) groups is 3. The lowest BCUT2D eigenvalue weighted by Gasteiger charge is -2.35.